The van der Waals surface area contributed by atoms with Gasteiger partial charge in [0.25, 0.3) is 5.72 Å². The summed E-state index contributed by atoms with van der Waals surface area (Å²) in [5.74, 6) is 0. The number of nitrogens with zero attached hydrogens (tertiary/aromatic N) is 4. The minimum absolute atomic E-state index is 0.0792. The van der Waals surface area contributed by atoms with E-state index in [0.29, 0.717) is 27.0 Å². The van der Waals surface area contributed by atoms with E-state index in [1.807, 2.05) is 0 Å². The Labute approximate surface area is 166 Å². The van der Waals surface area contributed by atoms with Gasteiger partial charge in [-0.1, -0.05) is 29.8 Å². The quantitative estimate of drug-likeness (QED) is 0.660. The van der Waals surface area contributed by atoms with Gasteiger partial charge in [-0.3, -0.25) is 4.98 Å². The minimum Gasteiger partial charge on any atom is -0.362 e. The smallest absolute Gasteiger partial charge is 0.362 e. The van der Waals surface area contributed by atoms with E-state index in [9.17, 15) is 18.3 Å². The van der Waals surface area contributed by atoms with E-state index in [0.717, 1.165) is 11.3 Å². The van der Waals surface area contributed by atoms with Crippen molar-refractivity contribution in [3.8, 4) is 11.4 Å². The Morgan fingerprint density at radius 3 is 2.50 bits per heavy atom. The maximum Gasteiger partial charge on any atom is 0.438 e. The highest BCUT2D eigenvalue weighted by atomic mass is 35.5. The lowest BCUT2D eigenvalue weighted by Crippen LogP contribution is -2.55. The fourth-order valence-corrected chi connectivity index (χ4v) is 3.72. The molecule has 0 aliphatic carbocycles. The average Bonchev–Trinajstić information content (AvgIpc) is 3.28. The number of alkyl halides is 3. The number of aliphatic hydroxyl groups is 1. The van der Waals surface area contributed by atoms with E-state index in [2.05, 4.69) is 15.1 Å². The van der Waals surface area contributed by atoms with Crippen molar-refractivity contribution in [3.63, 3.8) is 0 Å². The lowest BCUT2D eigenvalue weighted by atomic mass is 10.0. The van der Waals surface area contributed by atoms with E-state index in [1.54, 1.807) is 54.0 Å². The molecule has 1 aromatic carbocycles. The molecule has 0 saturated heterocycles. The van der Waals surface area contributed by atoms with Crippen LogP contribution in [0.5, 0.6) is 0 Å². The highest BCUT2D eigenvalue weighted by Crippen LogP contribution is 2.45. The van der Waals surface area contributed by atoms with Gasteiger partial charge < -0.3 is 5.11 Å². The van der Waals surface area contributed by atoms with Crippen LogP contribution in [-0.2, 0) is 0 Å². The molecular formula is C18H12ClF3N4OS. The topological polar surface area (TPSA) is 61.6 Å². The first kappa shape index (κ1) is 18.9. The molecule has 0 radical (unpaired) electrons. The Kier molecular flexibility index (Phi) is 4.60. The van der Waals surface area contributed by atoms with E-state index in [1.165, 1.54) is 0 Å². The molecule has 0 saturated carbocycles. The molecule has 0 fully saturated rings. The summed E-state index contributed by atoms with van der Waals surface area (Å²) in [6.07, 6.45) is -4.11. The number of hydrogen-bond acceptors (Lipinski definition) is 6. The number of anilines is 1. The molecule has 0 bridgehead atoms. The summed E-state index contributed by atoms with van der Waals surface area (Å²) in [5.41, 5.74) is -1.75. The highest BCUT2D eigenvalue weighted by Gasteiger charge is 2.62. The first-order valence-electron chi connectivity index (χ1n) is 8.08. The number of rotatable bonds is 3. The maximum atomic E-state index is 13.7. The van der Waals surface area contributed by atoms with E-state index in [4.69, 9.17) is 11.6 Å². The van der Waals surface area contributed by atoms with Crippen LogP contribution in [0.4, 0.5) is 18.3 Å². The van der Waals surface area contributed by atoms with Gasteiger partial charge in [-0.15, -0.1) is 11.3 Å². The third kappa shape index (κ3) is 3.25. The predicted octanol–water partition coefficient (Wildman–Crippen LogP) is 4.72. The monoisotopic (exact) mass is 424 g/mol. The Morgan fingerprint density at radius 2 is 1.86 bits per heavy atom. The first-order chi connectivity index (χ1) is 13.3. The summed E-state index contributed by atoms with van der Waals surface area (Å²) in [7, 11) is 0. The molecule has 0 unspecified atom stereocenters. The van der Waals surface area contributed by atoms with Crippen LogP contribution in [0.25, 0.3) is 11.4 Å². The lowest BCUT2D eigenvalue weighted by Gasteiger charge is -2.32. The number of hydrogen-bond donors (Lipinski definition) is 1. The van der Waals surface area contributed by atoms with Gasteiger partial charge in [0, 0.05) is 16.6 Å². The Bertz CT molecular complexity index is 1020. The van der Waals surface area contributed by atoms with Crippen molar-refractivity contribution in [2.75, 3.05) is 5.01 Å². The average molecular weight is 425 g/mol. The minimum atomic E-state index is -4.94. The van der Waals surface area contributed by atoms with Crippen molar-refractivity contribution in [1.29, 1.82) is 0 Å². The maximum absolute atomic E-state index is 13.7. The molecule has 3 heterocycles. The molecule has 4 rings (SSSR count). The highest BCUT2D eigenvalue weighted by molar-refractivity contribution is 7.14. The van der Waals surface area contributed by atoms with Crippen molar-refractivity contribution < 1.29 is 18.3 Å². The number of thiazole rings is 1. The third-order valence-corrected chi connectivity index (χ3v) is 5.29. The van der Waals surface area contributed by atoms with E-state index >= 15 is 0 Å². The van der Waals surface area contributed by atoms with E-state index < -0.39 is 18.3 Å². The summed E-state index contributed by atoms with van der Waals surface area (Å²) in [6.45, 7) is 0. The summed E-state index contributed by atoms with van der Waals surface area (Å²) >= 11 is 6.78. The first-order valence-corrected chi connectivity index (χ1v) is 9.33. The summed E-state index contributed by atoms with van der Waals surface area (Å²) in [5, 5.41) is 17.0. The van der Waals surface area contributed by atoms with Crippen molar-refractivity contribution in [3.05, 3.63) is 64.6 Å². The van der Waals surface area contributed by atoms with Gasteiger partial charge in [0.1, 0.15) is 5.69 Å². The largest absolute Gasteiger partial charge is 0.438 e. The standard InChI is InChI=1S/C18H12ClF3N4OS/c19-12-6-4-11(5-7-12)14-9-17(27,18(20,21)22)26(25-14)16-24-15(10-28-16)13-3-1-2-8-23-13/h1-8,10,27H,9H2/t17-/m0/s1. The molecule has 1 N–H and O–H groups in total. The molecule has 3 aromatic rings. The fourth-order valence-electron chi connectivity index (χ4n) is 2.76. The second-order valence-corrected chi connectivity index (χ2v) is 7.36. The Morgan fingerprint density at radius 1 is 1.11 bits per heavy atom. The van der Waals surface area contributed by atoms with Crippen LogP contribution >= 0.6 is 22.9 Å². The summed E-state index contributed by atoms with van der Waals surface area (Å²) in [6, 6.07) is 11.4. The molecule has 1 aliphatic heterocycles. The normalized spacial score (nSPS) is 19.8. The summed E-state index contributed by atoms with van der Waals surface area (Å²) < 4.78 is 41.2. The van der Waals surface area contributed by atoms with E-state index in [-0.39, 0.29) is 10.8 Å². The molecule has 0 spiro atoms. The van der Waals surface area contributed by atoms with Crippen LogP contribution in [0.1, 0.15) is 12.0 Å². The van der Waals surface area contributed by atoms with Gasteiger partial charge in [0.15, 0.2) is 0 Å². The molecule has 28 heavy (non-hydrogen) atoms. The van der Waals surface area contributed by atoms with Crippen molar-refractivity contribution in [1.82, 2.24) is 9.97 Å². The van der Waals surface area contributed by atoms with Gasteiger partial charge in [-0.25, -0.2) is 4.98 Å². The summed E-state index contributed by atoms with van der Waals surface area (Å²) in [4.78, 5) is 8.34. The van der Waals surface area contributed by atoms with Crippen molar-refractivity contribution in [2.24, 2.45) is 5.10 Å². The van der Waals surface area contributed by atoms with Crippen LogP contribution in [0.2, 0.25) is 5.02 Å². The zero-order chi connectivity index (χ0) is 19.9. The van der Waals surface area contributed by atoms with Crippen molar-refractivity contribution in [2.45, 2.75) is 18.3 Å². The SMILES string of the molecule is O[C@]1(C(F)(F)F)CC(c2ccc(Cl)cc2)=NN1c1nc(-c2ccccn2)cs1. The molecule has 10 heteroatoms. The lowest BCUT2D eigenvalue weighted by molar-refractivity contribution is -0.254. The molecule has 0 amide bonds. The number of hydrazone groups is 1. The van der Waals surface area contributed by atoms with Gasteiger partial charge in [0.2, 0.25) is 5.13 Å². The second-order valence-electron chi connectivity index (χ2n) is 6.09. The van der Waals surface area contributed by atoms with Crippen LogP contribution in [-0.4, -0.2) is 32.7 Å². The van der Waals surface area contributed by atoms with Gasteiger partial charge >= 0.3 is 6.18 Å². The second kappa shape index (κ2) is 6.84. The molecule has 5 nitrogen and oxygen atoms in total. The molecule has 2 aromatic heterocycles. The number of benzene rings is 1. The van der Waals surface area contributed by atoms with Gasteiger partial charge in [-0.05, 0) is 29.8 Å². The molecular weight excluding hydrogens is 413 g/mol. The van der Waals surface area contributed by atoms with Gasteiger partial charge in [0.05, 0.1) is 17.8 Å². The molecule has 144 valence electrons. The van der Waals surface area contributed by atoms with Crippen LogP contribution in [0.3, 0.4) is 0 Å². The zero-order valence-corrected chi connectivity index (χ0v) is 15.6. The molecule has 1 aliphatic rings. The van der Waals surface area contributed by atoms with Crippen LogP contribution in [0, 0.1) is 0 Å². The Balaban J connectivity index is 1.75. The van der Waals surface area contributed by atoms with Crippen LogP contribution in [0.15, 0.2) is 59.1 Å². The number of halogens is 4. The number of aromatic nitrogens is 2. The zero-order valence-electron chi connectivity index (χ0n) is 14.1. The van der Waals surface area contributed by atoms with Crippen molar-refractivity contribution >= 4 is 33.8 Å². The van der Waals surface area contributed by atoms with Crippen LogP contribution < -0.4 is 5.01 Å². The predicted molar refractivity (Wildman–Crippen MR) is 101 cm³/mol. The molecule has 1 atom stereocenters. The fraction of sp³-hybridized carbons (Fsp3) is 0.167. The third-order valence-electron chi connectivity index (χ3n) is 4.22. The Hall–Kier alpha value is -2.49. The van der Waals surface area contributed by atoms with Gasteiger partial charge in [-0.2, -0.15) is 23.3 Å². The number of pyridine rings is 1.